The first kappa shape index (κ1) is 11.0. The molecular formula is C13H15ClN2O. The van der Waals surface area contributed by atoms with Gasteiger partial charge in [-0.2, -0.15) is 0 Å². The number of amides is 1. The summed E-state index contributed by atoms with van der Waals surface area (Å²) in [6.07, 6.45) is 4.69. The van der Waals surface area contributed by atoms with Crippen LogP contribution in [0.25, 0.3) is 0 Å². The molecule has 1 aliphatic carbocycles. The van der Waals surface area contributed by atoms with Gasteiger partial charge in [-0.05, 0) is 25.0 Å². The molecule has 3 rings (SSSR count). The molecule has 1 spiro atoms. The number of carbonyl (C=O) groups excluding carboxylic acids is 1. The fourth-order valence-corrected chi connectivity index (χ4v) is 3.37. The van der Waals surface area contributed by atoms with E-state index in [-0.39, 0.29) is 11.3 Å². The van der Waals surface area contributed by atoms with Crippen LogP contribution in [0.5, 0.6) is 0 Å². The molecule has 90 valence electrons. The maximum Gasteiger partial charge on any atom is 0.223 e. The largest absolute Gasteiger partial charge is 0.310 e. The summed E-state index contributed by atoms with van der Waals surface area (Å²) in [5.41, 5.74) is 2.08. The fourth-order valence-electron chi connectivity index (χ4n) is 3.23. The quantitative estimate of drug-likeness (QED) is 0.664. The van der Waals surface area contributed by atoms with E-state index in [0.717, 1.165) is 30.8 Å². The zero-order valence-electron chi connectivity index (χ0n) is 9.87. The monoisotopic (exact) mass is 250 g/mol. The molecule has 0 saturated heterocycles. The van der Waals surface area contributed by atoms with Gasteiger partial charge in [0, 0.05) is 18.9 Å². The van der Waals surface area contributed by atoms with Crippen LogP contribution in [-0.4, -0.2) is 17.4 Å². The lowest BCUT2D eigenvalue weighted by molar-refractivity contribution is -0.116. The number of nitrogens with zero attached hydrogens (tertiary/aromatic N) is 2. The van der Waals surface area contributed by atoms with Crippen molar-refractivity contribution in [2.75, 3.05) is 11.4 Å². The average molecular weight is 251 g/mol. The third-order valence-electron chi connectivity index (χ3n) is 4.03. The van der Waals surface area contributed by atoms with Crippen LogP contribution in [0.3, 0.4) is 0 Å². The van der Waals surface area contributed by atoms with Crippen molar-refractivity contribution in [1.29, 1.82) is 0 Å². The van der Waals surface area contributed by atoms with Crippen molar-refractivity contribution in [2.24, 2.45) is 0 Å². The summed E-state index contributed by atoms with van der Waals surface area (Å²) in [7, 11) is 0. The highest BCUT2D eigenvalue weighted by Crippen LogP contribution is 2.49. The summed E-state index contributed by atoms with van der Waals surface area (Å²) in [4.78, 5) is 18.0. The Kier molecular flexibility index (Phi) is 2.40. The van der Waals surface area contributed by atoms with Gasteiger partial charge in [0.05, 0.1) is 11.4 Å². The van der Waals surface area contributed by atoms with Crippen LogP contribution in [0.4, 0.5) is 5.69 Å². The number of rotatable bonds is 0. The molecule has 17 heavy (non-hydrogen) atoms. The third-order valence-corrected chi connectivity index (χ3v) is 4.25. The van der Waals surface area contributed by atoms with Crippen LogP contribution < -0.4 is 4.90 Å². The summed E-state index contributed by atoms with van der Waals surface area (Å²) in [6, 6.07) is 3.70. The van der Waals surface area contributed by atoms with Crippen molar-refractivity contribution in [3.05, 3.63) is 23.0 Å². The summed E-state index contributed by atoms with van der Waals surface area (Å²) in [5, 5.41) is 0.528. The van der Waals surface area contributed by atoms with Gasteiger partial charge >= 0.3 is 0 Å². The van der Waals surface area contributed by atoms with Crippen molar-refractivity contribution >= 4 is 23.2 Å². The van der Waals surface area contributed by atoms with E-state index in [9.17, 15) is 4.79 Å². The summed E-state index contributed by atoms with van der Waals surface area (Å²) >= 11 is 6.00. The highest BCUT2D eigenvalue weighted by Gasteiger charge is 2.47. The Balaban J connectivity index is 2.14. The Labute approximate surface area is 106 Å². The molecule has 0 aromatic carbocycles. The first-order chi connectivity index (χ1) is 8.12. The molecule has 1 fully saturated rings. The summed E-state index contributed by atoms with van der Waals surface area (Å²) in [6.45, 7) is 2.40. The van der Waals surface area contributed by atoms with Gasteiger partial charge in [0.25, 0.3) is 0 Å². The van der Waals surface area contributed by atoms with Gasteiger partial charge < -0.3 is 4.90 Å². The second-order valence-corrected chi connectivity index (χ2v) is 5.48. The number of fused-ring (bicyclic) bond motifs is 2. The first-order valence-corrected chi connectivity index (χ1v) is 6.45. The maximum absolute atomic E-state index is 11.7. The van der Waals surface area contributed by atoms with Crippen LogP contribution >= 0.6 is 11.6 Å². The smallest absolute Gasteiger partial charge is 0.223 e. The van der Waals surface area contributed by atoms with Crippen LogP contribution in [-0.2, 0) is 10.2 Å². The highest BCUT2D eigenvalue weighted by atomic mass is 35.5. The molecule has 0 bridgehead atoms. The van der Waals surface area contributed by atoms with E-state index in [1.165, 1.54) is 12.8 Å². The van der Waals surface area contributed by atoms with E-state index in [1.807, 2.05) is 11.0 Å². The number of hydrogen-bond donors (Lipinski definition) is 0. The van der Waals surface area contributed by atoms with Crippen molar-refractivity contribution in [2.45, 2.75) is 38.0 Å². The van der Waals surface area contributed by atoms with Crippen molar-refractivity contribution in [1.82, 2.24) is 4.98 Å². The Morgan fingerprint density at radius 1 is 1.41 bits per heavy atom. The molecular weight excluding hydrogens is 236 g/mol. The lowest BCUT2D eigenvalue weighted by Crippen LogP contribution is -2.34. The molecule has 1 aromatic heterocycles. The maximum atomic E-state index is 11.7. The number of halogens is 1. The normalized spacial score (nSPS) is 20.9. The topological polar surface area (TPSA) is 33.2 Å². The molecule has 1 aliphatic heterocycles. The van der Waals surface area contributed by atoms with E-state index >= 15 is 0 Å². The van der Waals surface area contributed by atoms with Gasteiger partial charge in [0.2, 0.25) is 5.91 Å². The predicted octanol–water partition coefficient (Wildman–Crippen LogP) is 2.91. The number of pyridine rings is 1. The van der Waals surface area contributed by atoms with Gasteiger partial charge in [-0.3, -0.25) is 4.79 Å². The van der Waals surface area contributed by atoms with Gasteiger partial charge in [-0.25, -0.2) is 4.98 Å². The Bertz CT molecular complexity index is 480. The Hall–Kier alpha value is -1.09. The SMILES string of the molecule is CC(=O)N1CC2(CCCC2)c2nc(Cl)ccc21. The van der Waals surface area contributed by atoms with Gasteiger partial charge in [0.1, 0.15) is 5.15 Å². The second kappa shape index (κ2) is 3.70. The second-order valence-electron chi connectivity index (χ2n) is 5.09. The van der Waals surface area contributed by atoms with Crippen molar-refractivity contribution in [3.63, 3.8) is 0 Å². The predicted molar refractivity (Wildman–Crippen MR) is 67.4 cm³/mol. The van der Waals surface area contributed by atoms with Crippen LogP contribution in [0.2, 0.25) is 5.15 Å². The minimum atomic E-state index is 0.0753. The molecule has 2 aliphatic rings. The summed E-state index contributed by atoms with van der Waals surface area (Å²) in [5.74, 6) is 0.0964. The minimum absolute atomic E-state index is 0.0753. The minimum Gasteiger partial charge on any atom is -0.310 e. The van der Waals surface area contributed by atoms with Crippen LogP contribution in [0.1, 0.15) is 38.3 Å². The van der Waals surface area contributed by atoms with Gasteiger partial charge in [-0.15, -0.1) is 0 Å². The standard InChI is InChI=1S/C13H15ClN2O/c1-9(17)16-8-13(6-2-3-7-13)12-10(16)4-5-11(14)15-12/h4-5H,2-3,6-8H2,1H3. The van der Waals surface area contributed by atoms with E-state index in [0.29, 0.717) is 5.15 Å². The lowest BCUT2D eigenvalue weighted by Gasteiger charge is -2.23. The van der Waals surface area contributed by atoms with E-state index in [2.05, 4.69) is 4.98 Å². The van der Waals surface area contributed by atoms with E-state index in [1.54, 1.807) is 13.0 Å². The Morgan fingerprint density at radius 2 is 2.12 bits per heavy atom. The number of anilines is 1. The molecule has 1 amide bonds. The molecule has 0 radical (unpaired) electrons. The molecule has 0 N–H and O–H groups in total. The van der Waals surface area contributed by atoms with Gasteiger partial charge in [0.15, 0.2) is 0 Å². The molecule has 1 aromatic rings. The zero-order chi connectivity index (χ0) is 12.0. The molecule has 0 unspecified atom stereocenters. The molecule has 4 heteroatoms. The number of carbonyl (C=O) groups is 1. The first-order valence-electron chi connectivity index (χ1n) is 6.08. The third kappa shape index (κ3) is 1.56. The number of hydrogen-bond acceptors (Lipinski definition) is 2. The van der Waals surface area contributed by atoms with Crippen molar-refractivity contribution in [3.8, 4) is 0 Å². The number of aromatic nitrogens is 1. The van der Waals surface area contributed by atoms with Crippen molar-refractivity contribution < 1.29 is 4.79 Å². The van der Waals surface area contributed by atoms with E-state index < -0.39 is 0 Å². The van der Waals surface area contributed by atoms with E-state index in [4.69, 9.17) is 11.6 Å². The van der Waals surface area contributed by atoms with Gasteiger partial charge in [-0.1, -0.05) is 24.4 Å². The summed E-state index contributed by atoms with van der Waals surface area (Å²) < 4.78 is 0. The molecule has 0 atom stereocenters. The average Bonchev–Trinajstić information content (AvgIpc) is 2.87. The molecule has 2 heterocycles. The lowest BCUT2D eigenvalue weighted by atomic mass is 9.84. The highest BCUT2D eigenvalue weighted by molar-refractivity contribution is 6.29. The Morgan fingerprint density at radius 3 is 2.76 bits per heavy atom. The zero-order valence-corrected chi connectivity index (χ0v) is 10.6. The van der Waals surface area contributed by atoms with Crippen LogP contribution in [0.15, 0.2) is 12.1 Å². The van der Waals surface area contributed by atoms with Crippen LogP contribution in [0, 0.1) is 0 Å². The molecule has 1 saturated carbocycles. The fraction of sp³-hybridized carbons (Fsp3) is 0.538. The molecule has 3 nitrogen and oxygen atoms in total.